The summed E-state index contributed by atoms with van der Waals surface area (Å²) in [4.78, 5) is 35.9. The van der Waals surface area contributed by atoms with E-state index in [-0.39, 0.29) is 12.2 Å². The van der Waals surface area contributed by atoms with E-state index in [2.05, 4.69) is 5.32 Å². The predicted octanol–water partition coefficient (Wildman–Crippen LogP) is 3.04. The summed E-state index contributed by atoms with van der Waals surface area (Å²) in [6.07, 6.45) is 1.53. The fraction of sp³-hybridized carbons (Fsp3) is 0.190. The molecule has 0 unspecified atom stereocenters. The first kappa shape index (κ1) is 20.5. The molecule has 0 bridgehead atoms. The van der Waals surface area contributed by atoms with Crippen molar-refractivity contribution in [2.75, 3.05) is 17.7 Å². The number of furan rings is 1. The quantitative estimate of drug-likeness (QED) is 0.434. The molecule has 3 rings (SSSR count). The average Bonchev–Trinajstić information content (AvgIpc) is 3.07. The van der Waals surface area contributed by atoms with Gasteiger partial charge in [0, 0.05) is 15.8 Å². The van der Waals surface area contributed by atoms with Crippen LogP contribution in [0.15, 0.2) is 58.0 Å². The molecule has 1 heterocycles. The number of hydrogen-bond donors (Lipinski definition) is 2. The minimum Gasteiger partial charge on any atom is -0.464 e. The first-order chi connectivity index (χ1) is 13.9. The summed E-state index contributed by atoms with van der Waals surface area (Å²) in [5, 5.41) is 3.52. The molecule has 3 N–H and O–H groups in total. The van der Waals surface area contributed by atoms with Crippen molar-refractivity contribution in [2.45, 2.75) is 18.2 Å². The van der Waals surface area contributed by atoms with E-state index in [1.165, 1.54) is 18.0 Å². The lowest BCUT2D eigenvalue weighted by molar-refractivity contribution is -0.146. The Hall–Kier alpha value is -3.26. The average molecular weight is 412 g/mol. The lowest BCUT2D eigenvalue weighted by atomic mass is 10.1. The van der Waals surface area contributed by atoms with E-state index in [1.54, 1.807) is 24.3 Å². The zero-order valence-electron chi connectivity index (χ0n) is 15.8. The topological polar surface area (TPSA) is 112 Å². The Kier molecular flexibility index (Phi) is 6.56. The molecule has 7 nitrogen and oxygen atoms in total. The van der Waals surface area contributed by atoms with Crippen molar-refractivity contribution >= 4 is 46.2 Å². The smallest absolute Gasteiger partial charge is 0.310 e. The number of carbonyl (C=O) groups excluding carboxylic acids is 3. The molecule has 0 radical (unpaired) electrons. The van der Waals surface area contributed by atoms with Gasteiger partial charge in [0.15, 0.2) is 6.61 Å². The van der Waals surface area contributed by atoms with Crippen molar-refractivity contribution in [3.8, 4) is 0 Å². The molecule has 3 aromatic rings. The van der Waals surface area contributed by atoms with Crippen LogP contribution in [0.25, 0.3) is 11.0 Å². The third kappa shape index (κ3) is 5.61. The van der Waals surface area contributed by atoms with Crippen LogP contribution in [0.4, 0.5) is 5.69 Å². The molecule has 8 heteroatoms. The van der Waals surface area contributed by atoms with Crippen LogP contribution in [0.3, 0.4) is 0 Å². The van der Waals surface area contributed by atoms with E-state index in [0.717, 1.165) is 10.9 Å². The molecule has 0 saturated carbocycles. The predicted molar refractivity (Wildman–Crippen MR) is 111 cm³/mol. The summed E-state index contributed by atoms with van der Waals surface area (Å²) < 4.78 is 10.6. The zero-order chi connectivity index (χ0) is 20.8. The Morgan fingerprint density at radius 1 is 1.17 bits per heavy atom. The van der Waals surface area contributed by atoms with Crippen LogP contribution < -0.4 is 11.1 Å². The highest BCUT2D eigenvalue weighted by atomic mass is 32.2. The van der Waals surface area contributed by atoms with Gasteiger partial charge in [-0.2, -0.15) is 0 Å². The van der Waals surface area contributed by atoms with Crippen LogP contribution in [0.1, 0.15) is 11.1 Å². The maximum atomic E-state index is 12.2. The van der Waals surface area contributed by atoms with Crippen molar-refractivity contribution in [3.63, 3.8) is 0 Å². The Bertz CT molecular complexity index is 1060. The largest absolute Gasteiger partial charge is 0.464 e. The number of aryl methyl sites for hydroxylation is 1. The molecule has 0 aliphatic heterocycles. The Labute approximate surface area is 171 Å². The highest BCUT2D eigenvalue weighted by molar-refractivity contribution is 8.00. The lowest BCUT2D eigenvalue weighted by Gasteiger charge is -2.10. The number of benzene rings is 2. The number of primary amides is 1. The molecule has 150 valence electrons. The van der Waals surface area contributed by atoms with E-state index >= 15 is 0 Å². The standard InChI is InChI=1S/C21H20N2O5S/c1-13-6-7-15-14(10-27-17(15)8-13)9-21(26)28-11-20(25)23-16-4-2-3-5-18(16)29-12-19(22)24/h2-8,10H,9,11-12H2,1H3,(H2,22,24)(H,23,25). The van der Waals surface area contributed by atoms with Gasteiger partial charge in [-0.05, 0) is 30.7 Å². The van der Waals surface area contributed by atoms with Crippen LogP contribution in [0.5, 0.6) is 0 Å². The van der Waals surface area contributed by atoms with Gasteiger partial charge >= 0.3 is 5.97 Å². The van der Waals surface area contributed by atoms with Crippen LogP contribution in [-0.2, 0) is 25.5 Å². The third-order valence-corrected chi connectivity index (χ3v) is 5.14. The monoisotopic (exact) mass is 412 g/mol. The van der Waals surface area contributed by atoms with E-state index in [4.69, 9.17) is 14.9 Å². The minimum atomic E-state index is -0.528. The summed E-state index contributed by atoms with van der Waals surface area (Å²) in [5.74, 6) is -1.36. The third-order valence-electron chi connectivity index (χ3n) is 4.04. The SMILES string of the molecule is Cc1ccc2c(CC(=O)OCC(=O)Nc3ccccc3SCC(N)=O)coc2c1. The lowest BCUT2D eigenvalue weighted by Crippen LogP contribution is -2.22. The fourth-order valence-electron chi connectivity index (χ4n) is 2.71. The summed E-state index contributed by atoms with van der Waals surface area (Å²) in [5.41, 5.74) is 8.16. The van der Waals surface area contributed by atoms with Gasteiger partial charge in [0.2, 0.25) is 5.91 Å². The van der Waals surface area contributed by atoms with Crippen LogP contribution in [0, 0.1) is 6.92 Å². The van der Waals surface area contributed by atoms with Crippen molar-refractivity contribution in [2.24, 2.45) is 5.73 Å². The normalized spacial score (nSPS) is 10.7. The number of esters is 1. The summed E-state index contributed by atoms with van der Waals surface area (Å²) >= 11 is 1.22. The molecule has 0 fully saturated rings. The first-order valence-electron chi connectivity index (χ1n) is 8.84. The van der Waals surface area contributed by atoms with Gasteiger partial charge in [0.25, 0.3) is 5.91 Å². The second kappa shape index (κ2) is 9.29. The molecule has 1 aromatic heterocycles. The van der Waals surface area contributed by atoms with E-state index in [9.17, 15) is 14.4 Å². The second-order valence-electron chi connectivity index (χ2n) is 6.40. The second-order valence-corrected chi connectivity index (χ2v) is 7.41. The van der Waals surface area contributed by atoms with Gasteiger partial charge in [-0.1, -0.05) is 24.3 Å². The number of para-hydroxylation sites is 1. The molecule has 0 spiro atoms. The molecular weight excluding hydrogens is 392 g/mol. The van der Waals surface area contributed by atoms with E-state index in [0.29, 0.717) is 21.7 Å². The Balaban J connectivity index is 1.54. The number of hydrogen-bond acceptors (Lipinski definition) is 6. The molecule has 0 saturated heterocycles. The van der Waals surface area contributed by atoms with Gasteiger partial charge < -0.3 is 20.2 Å². The maximum Gasteiger partial charge on any atom is 0.310 e. The number of thioether (sulfide) groups is 1. The molecular formula is C21H20N2O5S. The summed E-state index contributed by atoms with van der Waals surface area (Å²) in [6.45, 7) is 1.54. The molecule has 2 amide bonds. The maximum absolute atomic E-state index is 12.2. The molecule has 0 atom stereocenters. The number of amides is 2. The Morgan fingerprint density at radius 2 is 1.97 bits per heavy atom. The van der Waals surface area contributed by atoms with Crippen molar-refractivity contribution in [3.05, 3.63) is 59.9 Å². The number of rotatable bonds is 8. The van der Waals surface area contributed by atoms with Crippen LogP contribution >= 0.6 is 11.8 Å². The van der Waals surface area contributed by atoms with Crippen LogP contribution in [-0.4, -0.2) is 30.1 Å². The number of anilines is 1. The molecule has 2 aromatic carbocycles. The van der Waals surface area contributed by atoms with E-state index < -0.39 is 24.4 Å². The van der Waals surface area contributed by atoms with Gasteiger partial charge in [-0.25, -0.2) is 0 Å². The minimum absolute atomic E-state index is 0.00832. The fourth-order valence-corrected chi connectivity index (χ4v) is 3.46. The van der Waals surface area contributed by atoms with Crippen LogP contribution in [0.2, 0.25) is 0 Å². The number of ether oxygens (including phenoxy) is 1. The summed E-state index contributed by atoms with van der Waals surface area (Å²) in [7, 11) is 0. The molecule has 29 heavy (non-hydrogen) atoms. The van der Waals surface area contributed by atoms with Gasteiger partial charge in [0.1, 0.15) is 5.58 Å². The number of nitrogens with one attached hydrogen (secondary N) is 1. The zero-order valence-corrected chi connectivity index (χ0v) is 16.6. The summed E-state index contributed by atoms with van der Waals surface area (Å²) in [6, 6.07) is 12.7. The number of nitrogens with two attached hydrogens (primary N) is 1. The molecule has 0 aliphatic carbocycles. The first-order valence-corrected chi connectivity index (χ1v) is 9.83. The van der Waals surface area contributed by atoms with E-state index in [1.807, 2.05) is 25.1 Å². The van der Waals surface area contributed by atoms with Gasteiger partial charge in [-0.3, -0.25) is 14.4 Å². The van der Waals surface area contributed by atoms with Gasteiger partial charge in [0.05, 0.1) is 24.1 Å². The molecule has 0 aliphatic rings. The Morgan fingerprint density at radius 3 is 2.76 bits per heavy atom. The van der Waals surface area contributed by atoms with Crippen molar-refractivity contribution in [1.82, 2.24) is 0 Å². The number of fused-ring (bicyclic) bond motifs is 1. The highest BCUT2D eigenvalue weighted by Gasteiger charge is 2.14. The van der Waals surface area contributed by atoms with Gasteiger partial charge in [-0.15, -0.1) is 11.8 Å². The van der Waals surface area contributed by atoms with Crippen molar-refractivity contribution < 1.29 is 23.5 Å². The van der Waals surface area contributed by atoms with Crippen molar-refractivity contribution in [1.29, 1.82) is 0 Å². The highest BCUT2D eigenvalue weighted by Crippen LogP contribution is 2.26. The number of carbonyl (C=O) groups is 3.